The molecule has 0 aliphatic carbocycles. The lowest BCUT2D eigenvalue weighted by Gasteiger charge is -2.36. The predicted molar refractivity (Wildman–Crippen MR) is 77.5 cm³/mol. The highest BCUT2D eigenvalue weighted by atomic mass is 16.5. The van der Waals surface area contributed by atoms with E-state index in [4.69, 9.17) is 9.47 Å². The molecular formula is C14H20N4O4. The molecule has 1 N–H and O–H groups in total. The van der Waals surface area contributed by atoms with Crippen LogP contribution in [0.25, 0.3) is 0 Å². The molecule has 1 aromatic rings. The van der Waals surface area contributed by atoms with Gasteiger partial charge in [0.1, 0.15) is 17.6 Å². The number of carbonyl (C=O) groups excluding carboxylic acids is 2. The summed E-state index contributed by atoms with van der Waals surface area (Å²) in [5.41, 5.74) is -0.809. The van der Waals surface area contributed by atoms with Gasteiger partial charge < -0.3 is 19.7 Å². The Kier molecular flexibility index (Phi) is 4.92. The number of aromatic nitrogens is 2. The lowest BCUT2D eigenvalue weighted by Crippen LogP contribution is -2.59. The number of carbonyl (C=O) groups is 2. The molecule has 1 fully saturated rings. The first-order valence-corrected chi connectivity index (χ1v) is 6.98. The van der Waals surface area contributed by atoms with Crippen LogP contribution in [0.4, 0.5) is 0 Å². The van der Waals surface area contributed by atoms with Gasteiger partial charge in [0.05, 0.1) is 13.7 Å². The number of likely N-dealkylation sites (tertiary alicyclic amines) is 1. The molecule has 2 rings (SSSR count). The maximum atomic E-state index is 12.8. The highest BCUT2D eigenvalue weighted by Crippen LogP contribution is 2.31. The van der Waals surface area contributed by atoms with Crippen molar-refractivity contribution >= 4 is 11.8 Å². The van der Waals surface area contributed by atoms with Gasteiger partial charge in [-0.25, -0.2) is 9.97 Å². The number of methoxy groups -OCH3 is 2. The van der Waals surface area contributed by atoms with Crippen LogP contribution >= 0.6 is 0 Å². The van der Waals surface area contributed by atoms with E-state index in [0.717, 1.165) is 6.42 Å². The molecule has 0 saturated carbocycles. The first-order valence-electron chi connectivity index (χ1n) is 6.98. The fraction of sp³-hybridized carbons (Fsp3) is 0.571. The summed E-state index contributed by atoms with van der Waals surface area (Å²) in [5.74, 6) is -0.269. The minimum Gasteiger partial charge on any atom is -0.481 e. The van der Waals surface area contributed by atoms with Crippen LogP contribution in [0.3, 0.4) is 0 Å². The molecule has 1 aromatic heterocycles. The van der Waals surface area contributed by atoms with E-state index in [1.807, 2.05) is 0 Å². The van der Waals surface area contributed by atoms with E-state index in [1.54, 1.807) is 7.05 Å². The topological polar surface area (TPSA) is 93.7 Å². The fourth-order valence-corrected chi connectivity index (χ4v) is 2.80. The molecule has 2 amide bonds. The van der Waals surface area contributed by atoms with E-state index < -0.39 is 5.54 Å². The number of ether oxygens (including phenoxy) is 2. The van der Waals surface area contributed by atoms with E-state index in [1.165, 1.54) is 31.5 Å². The van der Waals surface area contributed by atoms with Crippen molar-refractivity contribution in [2.45, 2.75) is 18.4 Å². The highest BCUT2D eigenvalue weighted by Gasteiger charge is 2.49. The van der Waals surface area contributed by atoms with Crippen molar-refractivity contribution in [3.05, 3.63) is 18.1 Å². The Morgan fingerprint density at radius 2 is 2.18 bits per heavy atom. The van der Waals surface area contributed by atoms with Gasteiger partial charge in [-0.3, -0.25) is 9.59 Å². The summed E-state index contributed by atoms with van der Waals surface area (Å²) in [6, 6.07) is 1.46. The first kappa shape index (κ1) is 16.2. The van der Waals surface area contributed by atoms with Gasteiger partial charge in [0, 0.05) is 26.8 Å². The number of amides is 2. The van der Waals surface area contributed by atoms with Crippen molar-refractivity contribution in [1.29, 1.82) is 0 Å². The number of nitrogens with zero attached hydrogens (tertiary/aromatic N) is 3. The van der Waals surface area contributed by atoms with Gasteiger partial charge in [-0.15, -0.1) is 0 Å². The number of nitrogens with one attached hydrogen (secondary N) is 1. The molecule has 8 heteroatoms. The average Bonchev–Trinajstić information content (AvgIpc) is 2.98. The van der Waals surface area contributed by atoms with Crippen LogP contribution in [0.15, 0.2) is 12.4 Å². The Hall–Kier alpha value is -2.22. The van der Waals surface area contributed by atoms with E-state index in [2.05, 4.69) is 15.3 Å². The van der Waals surface area contributed by atoms with Gasteiger partial charge in [-0.1, -0.05) is 0 Å². The van der Waals surface area contributed by atoms with E-state index in [0.29, 0.717) is 18.8 Å². The van der Waals surface area contributed by atoms with Crippen molar-refractivity contribution in [2.75, 3.05) is 34.4 Å². The molecule has 2 heterocycles. The second-order valence-corrected chi connectivity index (χ2v) is 5.05. The molecule has 0 radical (unpaired) electrons. The molecule has 1 atom stereocenters. The number of hydrogen-bond acceptors (Lipinski definition) is 6. The summed E-state index contributed by atoms with van der Waals surface area (Å²) in [7, 11) is 4.53. The predicted octanol–water partition coefficient (Wildman–Crippen LogP) is -0.148. The van der Waals surface area contributed by atoms with Crippen molar-refractivity contribution in [3.8, 4) is 5.88 Å². The monoisotopic (exact) mass is 308 g/mol. The maximum absolute atomic E-state index is 12.8. The standard InChI is InChI=1S/C14H20N4O4/c1-15-13(20)14(8-21-2)5-4-6-18(14)12(19)10-7-11(22-3)17-9-16-10/h7,9H,4-6,8H2,1-3H3,(H,15,20). The summed E-state index contributed by atoms with van der Waals surface area (Å²) >= 11 is 0. The van der Waals surface area contributed by atoms with Crippen LogP contribution in [-0.4, -0.2) is 66.6 Å². The van der Waals surface area contributed by atoms with Crippen LogP contribution < -0.4 is 10.1 Å². The highest BCUT2D eigenvalue weighted by molar-refractivity contribution is 5.98. The Morgan fingerprint density at radius 1 is 1.41 bits per heavy atom. The fourth-order valence-electron chi connectivity index (χ4n) is 2.80. The third-order valence-electron chi connectivity index (χ3n) is 3.84. The Morgan fingerprint density at radius 3 is 2.82 bits per heavy atom. The largest absolute Gasteiger partial charge is 0.481 e. The molecule has 1 aliphatic heterocycles. The normalized spacial score (nSPS) is 20.8. The second-order valence-electron chi connectivity index (χ2n) is 5.05. The summed E-state index contributed by atoms with van der Waals surface area (Å²) in [6.07, 6.45) is 2.54. The lowest BCUT2D eigenvalue weighted by molar-refractivity contribution is -0.133. The minimum atomic E-state index is -1.00. The van der Waals surface area contributed by atoms with Gasteiger partial charge in [-0.05, 0) is 12.8 Å². The maximum Gasteiger partial charge on any atom is 0.273 e. The van der Waals surface area contributed by atoms with E-state index >= 15 is 0 Å². The molecule has 22 heavy (non-hydrogen) atoms. The van der Waals surface area contributed by atoms with Crippen LogP contribution in [-0.2, 0) is 9.53 Å². The van der Waals surface area contributed by atoms with Crippen LogP contribution in [0, 0.1) is 0 Å². The Bertz CT molecular complexity index is 566. The molecule has 1 unspecified atom stereocenters. The molecule has 8 nitrogen and oxygen atoms in total. The third-order valence-corrected chi connectivity index (χ3v) is 3.84. The number of rotatable bonds is 5. The minimum absolute atomic E-state index is 0.140. The van der Waals surface area contributed by atoms with Crippen LogP contribution in [0.5, 0.6) is 5.88 Å². The summed E-state index contributed by atoms with van der Waals surface area (Å²) in [4.78, 5) is 34.5. The Balaban J connectivity index is 2.35. The van der Waals surface area contributed by atoms with Crippen molar-refractivity contribution < 1.29 is 19.1 Å². The molecule has 0 aromatic carbocycles. The van der Waals surface area contributed by atoms with Gasteiger partial charge in [0.15, 0.2) is 0 Å². The lowest BCUT2D eigenvalue weighted by atomic mass is 9.95. The molecule has 1 saturated heterocycles. The van der Waals surface area contributed by atoms with E-state index in [-0.39, 0.29) is 24.1 Å². The van der Waals surface area contributed by atoms with Crippen molar-refractivity contribution in [1.82, 2.24) is 20.2 Å². The first-order chi connectivity index (χ1) is 10.6. The number of hydrogen-bond donors (Lipinski definition) is 1. The average molecular weight is 308 g/mol. The van der Waals surface area contributed by atoms with Crippen molar-refractivity contribution in [2.24, 2.45) is 0 Å². The summed E-state index contributed by atoms with van der Waals surface area (Å²) in [5, 5.41) is 2.62. The zero-order chi connectivity index (χ0) is 16.2. The molecule has 0 spiro atoms. The molecule has 1 aliphatic rings. The Labute approximate surface area is 128 Å². The summed E-state index contributed by atoms with van der Waals surface area (Å²) in [6.45, 7) is 0.614. The quantitative estimate of drug-likeness (QED) is 0.813. The molecule has 0 bridgehead atoms. The molecular weight excluding hydrogens is 288 g/mol. The third kappa shape index (κ3) is 2.74. The summed E-state index contributed by atoms with van der Waals surface area (Å²) < 4.78 is 10.2. The number of likely N-dealkylation sites (N-methyl/N-ethyl adjacent to an activating group) is 1. The van der Waals surface area contributed by atoms with E-state index in [9.17, 15) is 9.59 Å². The van der Waals surface area contributed by atoms with Gasteiger partial charge >= 0.3 is 0 Å². The zero-order valence-electron chi connectivity index (χ0n) is 13.0. The van der Waals surface area contributed by atoms with Gasteiger partial charge in [-0.2, -0.15) is 0 Å². The van der Waals surface area contributed by atoms with Crippen molar-refractivity contribution in [3.63, 3.8) is 0 Å². The smallest absolute Gasteiger partial charge is 0.273 e. The molecule has 120 valence electrons. The van der Waals surface area contributed by atoms with Gasteiger partial charge in [0.2, 0.25) is 11.8 Å². The zero-order valence-corrected chi connectivity index (χ0v) is 13.0. The van der Waals surface area contributed by atoms with Crippen LogP contribution in [0.1, 0.15) is 23.3 Å². The second kappa shape index (κ2) is 6.69. The SMILES string of the molecule is CNC(=O)C1(COC)CCCN1C(=O)c1cc(OC)ncn1. The van der Waals surface area contributed by atoms with Gasteiger partial charge in [0.25, 0.3) is 5.91 Å². The van der Waals surface area contributed by atoms with Crippen LogP contribution in [0.2, 0.25) is 0 Å².